The highest BCUT2D eigenvalue weighted by Crippen LogP contribution is 2.37. The number of rotatable bonds is 11. The fraction of sp³-hybridized carbons (Fsp3) is 0.320. The zero-order valence-corrected chi connectivity index (χ0v) is 21.1. The summed E-state index contributed by atoms with van der Waals surface area (Å²) in [5.74, 6) is -0.158. The van der Waals surface area contributed by atoms with Crippen LogP contribution in [0.25, 0.3) is 6.08 Å². The lowest BCUT2D eigenvalue weighted by molar-refractivity contribution is -0.137. The number of carboxylic acid groups (broad SMARTS) is 1. The van der Waals surface area contributed by atoms with E-state index in [1.807, 2.05) is 31.2 Å². The van der Waals surface area contributed by atoms with Crippen molar-refractivity contribution in [1.29, 1.82) is 0 Å². The molecule has 9 heteroatoms. The lowest BCUT2D eigenvalue weighted by Crippen LogP contribution is -2.27. The third-order valence-electron chi connectivity index (χ3n) is 5.17. The second kappa shape index (κ2) is 11.9. The molecule has 0 radical (unpaired) electrons. The van der Waals surface area contributed by atoms with Crippen LogP contribution in [0.2, 0.25) is 0 Å². The second-order valence-corrected chi connectivity index (χ2v) is 9.01. The maximum atomic E-state index is 13.2. The van der Waals surface area contributed by atoms with Crippen LogP contribution in [0.4, 0.5) is 11.4 Å². The van der Waals surface area contributed by atoms with E-state index < -0.39 is 5.97 Å². The molecule has 0 unspecified atom stereocenters. The van der Waals surface area contributed by atoms with Gasteiger partial charge in [0.1, 0.15) is 0 Å². The third-order valence-corrected chi connectivity index (χ3v) is 6.47. The normalized spacial score (nSPS) is 14.6. The second-order valence-electron chi connectivity index (χ2n) is 7.34. The van der Waals surface area contributed by atoms with Crippen molar-refractivity contribution in [3.8, 4) is 11.5 Å². The molecular weight excluding hydrogens is 472 g/mol. The minimum Gasteiger partial charge on any atom is -0.490 e. The molecule has 2 aromatic carbocycles. The van der Waals surface area contributed by atoms with Gasteiger partial charge in [0.15, 0.2) is 15.8 Å². The van der Waals surface area contributed by atoms with E-state index in [0.717, 1.165) is 30.0 Å². The van der Waals surface area contributed by atoms with Crippen LogP contribution >= 0.6 is 24.0 Å². The van der Waals surface area contributed by atoms with Gasteiger partial charge in [0.25, 0.3) is 5.91 Å². The molecule has 1 N–H and O–H groups in total. The first-order chi connectivity index (χ1) is 16.4. The number of amides is 1. The number of carboxylic acids is 1. The Bertz CT molecular complexity index is 1080. The molecule has 1 saturated heterocycles. The monoisotopic (exact) mass is 500 g/mol. The van der Waals surface area contributed by atoms with Crippen LogP contribution in [0.3, 0.4) is 0 Å². The van der Waals surface area contributed by atoms with Crippen LogP contribution in [0, 0.1) is 0 Å². The Balaban J connectivity index is 1.80. The van der Waals surface area contributed by atoms with Gasteiger partial charge in [-0.05, 0) is 68.8 Å². The molecule has 0 aromatic heterocycles. The van der Waals surface area contributed by atoms with Gasteiger partial charge in [-0.1, -0.05) is 30.0 Å². The van der Waals surface area contributed by atoms with E-state index in [-0.39, 0.29) is 18.9 Å². The molecule has 0 bridgehead atoms. The molecule has 1 aliphatic rings. The zero-order chi connectivity index (χ0) is 24.7. The molecule has 2 aromatic rings. The largest absolute Gasteiger partial charge is 0.490 e. The fourth-order valence-corrected chi connectivity index (χ4v) is 4.79. The molecule has 0 atom stereocenters. The Labute approximate surface area is 209 Å². The molecule has 0 aliphatic carbocycles. The van der Waals surface area contributed by atoms with E-state index in [1.165, 1.54) is 11.8 Å². The van der Waals surface area contributed by atoms with Gasteiger partial charge in [-0.25, -0.2) is 0 Å². The fourth-order valence-electron chi connectivity index (χ4n) is 3.49. The van der Waals surface area contributed by atoms with E-state index in [2.05, 4.69) is 18.7 Å². The van der Waals surface area contributed by atoms with Crippen molar-refractivity contribution in [3.63, 3.8) is 0 Å². The number of ether oxygens (including phenoxy) is 2. The maximum Gasteiger partial charge on any atom is 0.306 e. The molecule has 1 aliphatic heterocycles. The first kappa shape index (κ1) is 25.6. The van der Waals surface area contributed by atoms with E-state index in [9.17, 15) is 9.59 Å². The summed E-state index contributed by atoms with van der Waals surface area (Å²) in [6, 6.07) is 13.1. The number of thioether (sulfide) groups is 1. The van der Waals surface area contributed by atoms with Gasteiger partial charge < -0.3 is 19.5 Å². The SMILES string of the molecule is CCOc1cc(/C=C2/SC(=S)N(c3ccc(N(CC)CC)cc3)C2=O)ccc1OCCC(=O)O. The number of thiocarbonyl (C=S) groups is 1. The number of aliphatic carboxylic acids is 1. The van der Waals surface area contributed by atoms with E-state index in [4.69, 9.17) is 26.8 Å². The number of hydrogen-bond acceptors (Lipinski definition) is 7. The molecule has 0 saturated carbocycles. The molecule has 7 nitrogen and oxygen atoms in total. The summed E-state index contributed by atoms with van der Waals surface area (Å²) in [5, 5.41) is 8.81. The van der Waals surface area contributed by atoms with E-state index in [0.29, 0.717) is 27.3 Å². The van der Waals surface area contributed by atoms with Gasteiger partial charge in [0.05, 0.1) is 30.2 Å². The minimum absolute atomic E-state index is 0.0421. The molecule has 1 fully saturated rings. The Hall–Kier alpha value is -3.04. The third kappa shape index (κ3) is 6.09. The van der Waals surface area contributed by atoms with Crippen molar-refractivity contribution in [2.45, 2.75) is 27.2 Å². The van der Waals surface area contributed by atoms with E-state index >= 15 is 0 Å². The van der Waals surface area contributed by atoms with Crippen molar-refractivity contribution >= 4 is 57.6 Å². The lowest BCUT2D eigenvalue weighted by atomic mass is 10.1. The number of hydrogen-bond donors (Lipinski definition) is 1. The summed E-state index contributed by atoms with van der Waals surface area (Å²) < 4.78 is 11.7. The van der Waals surface area contributed by atoms with Gasteiger partial charge in [-0.15, -0.1) is 0 Å². The Morgan fingerprint density at radius 3 is 2.41 bits per heavy atom. The molecule has 0 spiro atoms. The summed E-state index contributed by atoms with van der Waals surface area (Å²) in [7, 11) is 0. The van der Waals surface area contributed by atoms with Gasteiger partial charge >= 0.3 is 5.97 Å². The summed E-state index contributed by atoms with van der Waals surface area (Å²) in [5.41, 5.74) is 2.59. The van der Waals surface area contributed by atoms with Crippen LogP contribution in [-0.2, 0) is 9.59 Å². The van der Waals surface area contributed by atoms with Crippen molar-refractivity contribution in [2.75, 3.05) is 36.1 Å². The Morgan fingerprint density at radius 2 is 1.79 bits per heavy atom. The van der Waals surface area contributed by atoms with Gasteiger partial charge in [0, 0.05) is 18.8 Å². The van der Waals surface area contributed by atoms with Gasteiger partial charge in [-0.2, -0.15) is 0 Å². The molecule has 1 amide bonds. The summed E-state index contributed by atoms with van der Waals surface area (Å²) in [6.45, 7) is 8.35. The summed E-state index contributed by atoms with van der Waals surface area (Å²) in [6.07, 6.45) is 1.67. The van der Waals surface area contributed by atoms with Crippen molar-refractivity contribution in [3.05, 3.63) is 52.9 Å². The van der Waals surface area contributed by atoms with E-state index in [1.54, 1.807) is 29.2 Å². The highest BCUT2D eigenvalue weighted by molar-refractivity contribution is 8.27. The quantitative estimate of drug-likeness (QED) is 0.334. The molecular formula is C25H28N2O5S2. The predicted octanol–water partition coefficient (Wildman–Crippen LogP) is 5.19. The minimum atomic E-state index is -0.931. The lowest BCUT2D eigenvalue weighted by Gasteiger charge is -2.22. The predicted molar refractivity (Wildman–Crippen MR) is 141 cm³/mol. The highest BCUT2D eigenvalue weighted by atomic mass is 32.2. The molecule has 3 rings (SSSR count). The first-order valence-corrected chi connectivity index (χ1v) is 12.3. The highest BCUT2D eigenvalue weighted by Gasteiger charge is 2.33. The average molecular weight is 501 g/mol. The molecule has 1 heterocycles. The summed E-state index contributed by atoms with van der Waals surface area (Å²) >= 11 is 6.76. The van der Waals surface area contributed by atoms with Crippen molar-refractivity contribution < 1.29 is 24.2 Å². The van der Waals surface area contributed by atoms with Crippen LogP contribution in [-0.4, -0.2) is 47.6 Å². The number of anilines is 2. The molecule has 180 valence electrons. The first-order valence-electron chi connectivity index (χ1n) is 11.1. The smallest absolute Gasteiger partial charge is 0.306 e. The Kier molecular flexibility index (Phi) is 8.95. The zero-order valence-electron chi connectivity index (χ0n) is 19.4. The van der Waals surface area contributed by atoms with Crippen LogP contribution in [0.1, 0.15) is 32.8 Å². The molecule has 34 heavy (non-hydrogen) atoms. The Morgan fingerprint density at radius 1 is 1.09 bits per heavy atom. The summed E-state index contributed by atoms with van der Waals surface area (Å²) in [4.78, 5) is 28.2. The van der Waals surface area contributed by atoms with Crippen molar-refractivity contribution in [1.82, 2.24) is 0 Å². The van der Waals surface area contributed by atoms with Gasteiger partial charge in [-0.3, -0.25) is 14.5 Å². The van der Waals surface area contributed by atoms with Crippen molar-refractivity contribution in [2.24, 2.45) is 0 Å². The van der Waals surface area contributed by atoms with Crippen LogP contribution < -0.4 is 19.3 Å². The average Bonchev–Trinajstić information content (AvgIpc) is 3.09. The number of carbonyl (C=O) groups excluding carboxylic acids is 1. The van der Waals surface area contributed by atoms with Crippen LogP contribution in [0.5, 0.6) is 11.5 Å². The number of benzene rings is 2. The standard InChI is InChI=1S/C25H28N2O5S2/c1-4-26(5-2)18-8-10-19(11-9-18)27-24(30)22(34-25(27)33)16-17-7-12-20(21(15-17)31-6-3)32-14-13-23(28)29/h7-12,15-16H,4-6,13-14H2,1-3H3,(H,28,29)/b22-16+. The topological polar surface area (TPSA) is 79.3 Å². The maximum absolute atomic E-state index is 13.2. The number of carbonyl (C=O) groups is 2. The van der Waals surface area contributed by atoms with Crippen LogP contribution in [0.15, 0.2) is 47.4 Å². The van der Waals surface area contributed by atoms with Gasteiger partial charge in [0.2, 0.25) is 0 Å². The number of nitrogens with zero attached hydrogens (tertiary/aromatic N) is 2.